The van der Waals surface area contributed by atoms with Gasteiger partial charge in [0.25, 0.3) is 0 Å². The molecule has 2 unspecified atom stereocenters. The van der Waals surface area contributed by atoms with Crippen LogP contribution >= 0.6 is 0 Å². The monoisotopic (exact) mass is 238 g/mol. The first-order valence-corrected chi connectivity index (χ1v) is 6.47. The lowest BCUT2D eigenvalue weighted by atomic mass is 9.98. The Morgan fingerprint density at radius 2 is 2.41 bits per heavy atom. The summed E-state index contributed by atoms with van der Waals surface area (Å²) in [6, 6.07) is 0.151. The van der Waals surface area contributed by atoms with Crippen molar-refractivity contribution in [3.05, 3.63) is 11.7 Å². The van der Waals surface area contributed by atoms with Crippen LogP contribution in [0.2, 0.25) is 0 Å². The lowest BCUT2D eigenvalue weighted by Crippen LogP contribution is -2.34. The second-order valence-electron chi connectivity index (χ2n) is 4.73. The van der Waals surface area contributed by atoms with Crippen molar-refractivity contribution in [2.75, 3.05) is 26.7 Å². The minimum Gasteiger partial charge on any atom is -0.339 e. The van der Waals surface area contributed by atoms with Crippen molar-refractivity contribution < 1.29 is 4.52 Å². The van der Waals surface area contributed by atoms with E-state index in [9.17, 15) is 0 Å². The molecule has 2 atom stereocenters. The zero-order chi connectivity index (χ0) is 12.3. The Labute approximate surface area is 103 Å². The molecule has 1 aromatic heterocycles. The van der Waals surface area contributed by atoms with Crippen molar-refractivity contribution in [2.24, 2.45) is 0 Å². The van der Waals surface area contributed by atoms with Crippen LogP contribution in [-0.4, -0.2) is 41.7 Å². The normalized spacial score (nSPS) is 23.8. The molecule has 2 rings (SSSR count). The molecule has 0 aliphatic carbocycles. The largest absolute Gasteiger partial charge is 0.339 e. The number of hydrogen-bond donors (Lipinski definition) is 1. The summed E-state index contributed by atoms with van der Waals surface area (Å²) in [5.74, 6) is 1.98. The highest BCUT2D eigenvalue weighted by atomic mass is 16.5. The number of hydrogen-bond acceptors (Lipinski definition) is 5. The van der Waals surface area contributed by atoms with Gasteiger partial charge in [-0.2, -0.15) is 4.98 Å². The number of piperidine rings is 1. The maximum atomic E-state index is 5.39. The number of nitrogens with one attached hydrogen (secondary N) is 1. The van der Waals surface area contributed by atoms with Crippen LogP contribution in [0.4, 0.5) is 0 Å². The Morgan fingerprint density at radius 3 is 3.12 bits per heavy atom. The molecule has 1 aliphatic heterocycles. The highest BCUT2D eigenvalue weighted by molar-refractivity contribution is 4.99. The maximum absolute atomic E-state index is 5.39. The van der Waals surface area contributed by atoms with Gasteiger partial charge in [0.2, 0.25) is 5.89 Å². The van der Waals surface area contributed by atoms with Gasteiger partial charge in [-0.1, -0.05) is 12.1 Å². The first-order chi connectivity index (χ1) is 8.24. The van der Waals surface area contributed by atoms with Crippen LogP contribution in [0.5, 0.6) is 0 Å². The van der Waals surface area contributed by atoms with E-state index in [-0.39, 0.29) is 6.04 Å². The second-order valence-corrected chi connectivity index (χ2v) is 4.73. The molecular weight excluding hydrogens is 216 g/mol. The summed E-state index contributed by atoms with van der Waals surface area (Å²) in [4.78, 5) is 6.95. The van der Waals surface area contributed by atoms with Gasteiger partial charge in [0.05, 0.1) is 12.0 Å². The second kappa shape index (κ2) is 5.60. The third-order valence-corrected chi connectivity index (χ3v) is 3.58. The fraction of sp³-hybridized carbons (Fsp3) is 0.833. The van der Waals surface area contributed by atoms with Gasteiger partial charge in [0.15, 0.2) is 5.82 Å². The molecule has 1 fully saturated rings. The molecule has 0 bridgehead atoms. The minimum atomic E-state index is 0.151. The summed E-state index contributed by atoms with van der Waals surface area (Å²) in [6.07, 6.45) is 2.38. The molecule has 1 aromatic rings. The van der Waals surface area contributed by atoms with E-state index in [4.69, 9.17) is 4.52 Å². The van der Waals surface area contributed by atoms with Crippen molar-refractivity contribution in [1.82, 2.24) is 20.4 Å². The molecule has 0 amide bonds. The summed E-state index contributed by atoms with van der Waals surface area (Å²) < 4.78 is 5.39. The Bertz CT molecular complexity index is 352. The molecule has 0 spiro atoms. The van der Waals surface area contributed by atoms with Crippen molar-refractivity contribution in [1.29, 1.82) is 0 Å². The maximum Gasteiger partial charge on any atom is 0.231 e. The van der Waals surface area contributed by atoms with Crippen molar-refractivity contribution in [2.45, 2.75) is 38.6 Å². The van der Waals surface area contributed by atoms with Crippen LogP contribution in [0, 0.1) is 0 Å². The Kier molecular flexibility index (Phi) is 4.12. The first kappa shape index (κ1) is 12.5. The number of likely N-dealkylation sites (N-methyl/N-ethyl adjacent to an activating group) is 1. The van der Waals surface area contributed by atoms with Crippen LogP contribution in [0.25, 0.3) is 0 Å². The lowest BCUT2D eigenvalue weighted by molar-refractivity contribution is 0.194. The van der Waals surface area contributed by atoms with Crippen molar-refractivity contribution in [3.63, 3.8) is 0 Å². The Hall–Kier alpha value is -0.940. The van der Waals surface area contributed by atoms with Gasteiger partial charge in [-0.25, -0.2) is 0 Å². The van der Waals surface area contributed by atoms with Crippen LogP contribution < -0.4 is 5.32 Å². The zero-order valence-corrected chi connectivity index (χ0v) is 10.9. The zero-order valence-electron chi connectivity index (χ0n) is 10.9. The molecule has 5 heteroatoms. The number of aromatic nitrogens is 2. The summed E-state index contributed by atoms with van der Waals surface area (Å²) in [6.45, 7) is 7.58. The molecule has 0 saturated carbocycles. The fourth-order valence-corrected chi connectivity index (χ4v) is 2.26. The third kappa shape index (κ3) is 2.84. The van der Waals surface area contributed by atoms with Crippen molar-refractivity contribution in [3.8, 4) is 0 Å². The van der Waals surface area contributed by atoms with E-state index in [2.05, 4.69) is 27.3 Å². The van der Waals surface area contributed by atoms with Gasteiger partial charge in [-0.15, -0.1) is 0 Å². The smallest absolute Gasteiger partial charge is 0.231 e. The Balaban J connectivity index is 2.04. The molecule has 17 heavy (non-hydrogen) atoms. The summed E-state index contributed by atoms with van der Waals surface area (Å²) in [5.41, 5.74) is 0. The van der Waals surface area contributed by atoms with Crippen LogP contribution in [0.3, 0.4) is 0 Å². The molecule has 1 aliphatic rings. The van der Waals surface area contributed by atoms with E-state index in [1.54, 1.807) is 0 Å². The van der Waals surface area contributed by atoms with E-state index < -0.39 is 0 Å². The summed E-state index contributed by atoms with van der Waals surface area (Å²) in [7, 11) is 1.90. The van der Waals surface area contributed by atoms with Gasteiger partial charge in [0, 0.05) is 6.54 Å². The van der Waals surface area contributed by atoms with E-state index >= 15 is 0 Å². The predicted molar refractivity (Wildman–Crippen MR) is 65.9 cm³/mol. The number of nitrogens with zero attached hydrogens (tertiary/aromatic N) is 3. The van der Waals surface area contributed by atoms with Gasteiger partial charge in [-0.3, -0.25) is 0 Å². The molecule has 0 aromatic carbocycles. The van der Waals surface area contributed by atoms with E-state index in [1.807, 2.05) is 14.0 Å². The number of likely N-dealkylation sites (tertiary alicyclic amines) is 1. The SMILES string of the molecule is CCN1CCCC(c2nc(C(C)NC)no2)C1. The highest BCUT2D eigenvalue weighted by Crippen LogP contribution is 2.26. The molecule has 2 heterocycles. The van der Waals surface area contributed by atoms with Gasteiger partial charge >= 0.3 is 0 Å². The molecule has 96 valence electrons. The molecule has 5 nitrogen and oxygen atoms in total. The molecule has 0 radical (unpaired) electrons. The van der Waals surface area contributed by atoms with Crippen molar-refractivity contribution >= 4 is 0 Å². The lowest BCUT2D eigenvalue weighted by Gasteiger charge is -2.29. The third-order valence-electron chi connectivity index (χ3n) is 3.58. The molecular formula is C12H22N4O. The highest BCUT2D eigenvalue weighted by Gasteiger charge is 2.25. The molecule has 1 saturated heterocycles. The minimum absolute atomic E-state index is 0.151. The van der Waals surface area contributed by atoms with Crippen LogP contribution in [-0.2, 0) is 0 Å². The fourth-order valence-electron chi connectivity index (χ4n) is 2.26. The van der Waals surface area contributed by atoms with E-state index in [0.717, 1.165) is 31.2 Å². The summed E-state index contributed by atoms with van der Waals surface area (Å²) in [5, 5.41) is 7.17. The topological polar surface area (TPSA) is 54.2 Å². The number of rotatable bonds is 4. The van der Waals surface area contributed by atoms with Crippen LogP contribution in [0.1, 0.15) is 50.4 Å². The average Bonchev–Trinajstić information content (AvgIpc) is 2.87. The molecule has 1 N–H and O–H groups in total. The predicted octanol–water partition coefficient (Wildman–Crippen LogP) is 1.55. The van der Waals surface area contributed by atoms with Gasteiger partial charge in [0.1, 0.15) is 0 Å². The Morgan fingerprint density at radius 1 is 1.59 bits per heavy atom. The van der Waals surface area contributed by atoms with E-state index in [1.165, 1.54) is 13.0 Å². The first-order valence-electron chi connectivity index (χ1n) is 6.47. The van der Waals surface area contributed by atoms with E-state index in [0.29, 0.717) is 5.92 Å². The van der Waals surface area contributed by atoms with Crippen LogP contribution in [0.15, 0.2) is 4.52 Å². The standard InChI is InChI=1S/C12H22N4O/c1-4-16-7-5-6-10(8-16)12-14-11(15-17-12)9(2)13-3/h9-10,13H,4-8H2,1-3H3. The van der Waals surface area contributed by atoms with Gasteiger partial charge < -0.3 is 14.7 Å². The quantitative estimate of drug-likeness (QED) is 0.862. The average molecular weight is 238 g/mol. The van der Waals surface area contributed by atoms with Gasteiger partial charge in [-0.05, 0) is 39.9 Å². The summed E-state index contributed by atoms with van der Waals surface area (Å²) >= 11 is 0.